The molecule has 4 aromatic carbocycles. The van der Waals surface area contributed by atoms with Crippen molar-refractivity contribution in [2.45, 2.75) is 6.42 Å². The third kappa shape index (κ3) is 6.41. The highest BCUT2D eigenvalue weighted by Gasteiger charge is 2.13. The van der Waals surface area contributed by atoms with Crippen LogP contribution in [-0.2, 0) is 11.2 Å². The molecule has 0 atom stereocenters. The Morgan fingerprint density at radius 3 is 2.51 bits per heavy atom. The molecule has 0 aliphatic carbocycles. The number of carbonyl (C=O) groups is 2. The summed E-state index contributed by atoms with van der Waals surface area (Å²) in [4.78, 5) is 23.9. The van der Waals surface area contributed by atoms with Gasteiger partial charge in [0.05, 0.1) is 17.3 Å². The molecule has 0 saturated heterocycles. The van der Waals surface area contributed by atoms with Gasteiger partial charge in [-0.15, -0.1) is 0 Å². The van der Waals surface area contributed by atoms with Crippen LogP contribution in [0.25, 0.3) is 16.8 Å². The minimum absolute atomic E-state index is 0.328. The number of nitrogens with one attached hydrogen (secondary N) is 1. The Bertz CT molecular complexity index is 1430. The van der Waals surface area contributed by atoms with Crippen molar-refractivity contribution in [1.82, 2.24) is 0 Å². The number of halogens is 2. The summed E-state index contributed by atoms with van der Waals surface area (Å²) >= 11 is 12.2. The van der Waals surface area contributed by atoms with E-state index >= 15 is 0 Å². The Morgan fingerprint density at radius 1 is 0.914 bits per heavy atom. The van der Waals surface area contributed by atoms with E-state index in [9.17, 15) is 9.59 Å². The zero-order valence-electron chi connectivity index (χ0n) is 18.5. The third-order valence-corrected chi connectivity index (χ3v) is 5.88. The Kier molecular flexibility index (Phi) is 7.70. The zero-order valence-corrected chi connectivity index (χ0v) is 20.0. The standard InChI is InChI=1S/C28H21Cl2NO4/c29-23-10-11-24(30)25(17-23)31-28(34)22-8-7-20(9-12-27(32)33)26(16-22)35-14-13-18-5-6-19-3-1-2-4-21(19)15-18/h1-12,15-17H,13-14H2,(H,31,34)(H,32,33)/b12-9+. The summed E-state index contributed by atoms with van der Waals surface area (Å²) in [6.45, 7) is 0.345. The second kappa shape index (κ2) is 11.1. The number of aliphatic carboxylic acids is 1. The molecule has 2 N–H and O–H groups in total. The first-order valence-electron chi connectivity index (χ1n) is 10.8. The van der Waals surface area contributed by atoms with E-state index in [1.54, 1.807) is 36.4 Å². The smallest absolute Gasteiger partial charge is 0.328 e. The minimum Gasteiger partial charge on any atom is -0.493 e. The lowest BCUT2D eigenvalue weighted by atomic mass is 10.1. The monoisotopic (exact) mass is 505 g/mol. The molecule has 0 spiro atoms. The van der Waals surface area contributed by atoms with Gasteiger partial charge in [0, 0.05) is 28.6 Å². The normalized spacial score (nSPS) is 11.0. The number of carboxylic acids is 1. The molecule has 0 aliphatic rings. The first-order valence-corrected chi connectivity index (χ1v) is 11.6. The number of carboxylic acid groups (broad SMARTS) is 1. The molecule has 0 aromatic heterocycles. The topological polar surface area (TPSA) is 75.6 Å². The first-order chi connectivity index (χ1) is 16.9. The summed E-state index contributed by atoms with van der Waals surface area (Å²) in [5, 5.41) is 14.9. The molecule has 176 valence electrons. The van der Waals surface area contributed by atoms with Gasteiger partial charge in [0.1, 0.15) is 5.75 Å². The van der Waals surface area contributed by atoms with E-state index in [2.05, 4.69) is 35.6 Å². The third-order valence-electron chi connectivity index (χ3n) is 5.32. The van der Waals surface area contributed by atoms with Crippen LogP contribution in [0.15, 0.2) is 84.9 Å². The van der Waals surface area contributed by atoms with Gasteiger partial charge in [0.25, 0.3) is 5.91 Å². The van der Waals surface area contributed by atoms with Crippen LogP contribution in [-0.4, -0.2) is 23.6 Å². The fourth-order valence-electron chi connectivity index (χ4n) is 3.56. The van der Waals surface area contributed by atoms with Gasteiger partial charge in [0.15, 0.2) is 0 Å². The second-order valence-electron chi connectivity index (χ2n) is 7.78. The molecule has 4 rings (SSSR count). The quantitative estimate of drug-likeness (QED) is 0.250. The molecule has 0 unspecified atom stereocenters. The number of amides is 1. The van der Waals surface area contributed by atoms with Crippen LogP contribution in [0.1, 0.15) is 21.5 Å². The highest BCUT2D eigenvalue weighted by Crippen LogP contribution is 2.27. The molecule has 0 radical (unpaired) electrons. The van der Waals surface area contributed by atoms with Crippen molar-refractivity contribution in [1.29, 1.82) is 0 Å². The average molecular weight is 506 g/mol. The van der Waals surface area contributed by atoms with E-state index in [1.165, 1.54) is 6.08 Å². The Morgan fingerprint density at radius 2 is 1.71 bits per heavy atom. The van der Waals surface area contributed by atoms with E-state index in [4.69, 9.17) is 33.0 Å². The SMILES string of the molecule is O=C(O)/C=C/c1ccc(C(=O)Nc2cc(Cl)ccc2Cl)cc1OCCc1ccc2ccccc2c1. The van der Waals surface area contributed by atoms with E-state index in [0.29, 0.717) is 45.6 Å². The fourth-order valence-corrected chi connectivity index (χ4v) is 3.90. The predicted octanol–water partition coefficient (Wildman–Crippen LogP) is 7.12. The number of fused-ring (bicyclic) bond motifs is 1. The van der Waals surface area contributed by atoms with Crippen molar-refractivity contribution in [2.75, 3.05) is 11.9 Å². The van der Waals surface area contributed by atoms with Gasteiger partial charge >= 0.3 is 5.97 Å². The molecular formula is C28H21Cl2NO4. The summed E-state index contributed by atoms with van der Waals surface area (Å²) < 4.78 is 6.00. The van der Waals surface area contributed by atoms with Gasteiger partial charge in [-0.25, -0.2) is 4.79 Å². The van der Waals surface area contributed by atoms with E-state index in [1.807, 2.05) is 12.1 Å². The number of anilines is 1. The zero-order chi connectivity index (χ0) is 24.8. The fraction of sp³-hybridized carbons (Fsp3) is 0.0714. The van der Waals surface area contributed by atoms with Crippen LogP contribution in [0.5, 0.6) is 5.75 Å². The van der Waals surface area contributed by atoms with Crippen molar-refractivity contribution in [2.24, 2.45) is 0 Å². The van der Waals surface area contributed by atoms with Gasteiger partial charge in [-0.1, -0.05) is 71.7 Å². The molecule has 0 bridgehead atoms. The molecule has 0 aliphatic heterocycles. The van der Waals surface area contributed by atoms with Gasteiger partial charge in [-0.2, -0.15) is 0 Å². The van der Waals surface area contributed by atoms with Crippen LogP contribution >= 0.6 is 23.2 Å². The first kappa shape index (κ1) is 24.3. The van der Waals surface area contributed by atoms with Gasteiger partial charge in [-0.05, 0) is 52.7 Å². The lowest BCUT2D eigenvalue weighted by Crippen LogP contribution is -2.13. The van der Waals surface area contributed by atoms with Crippen molar-refractivity contribution in [3.05, 3.63) is 112 Å². The van der Waals surface area contributed by atoms with Crippen molar-refractivity contribution < 1.29 is 19.4 Å². The molecule has 0 saturated carbocycles. The number of hydrogen-bond donors (Lipinski definition) is 2. The van der Waals surface area contributed by atoms with Crippen LogP contribution in [0.4, 0.5) is 5.69 Å². The lowest BCUT2D eigenvalue weighted by molar-refractivity contribution is -0.131. The van der Waals surface area contributed by atoms with Gasteiger partial charge in [-0.3, -0.25) is 4.79 Å². The van der Waals surface area contributed by atoms with E-state index < -0.39 is 11.9 Å². The average Bonchev–Trinajstić information content (AvgIpc) is 2.85. The minimum atomic E-state index is -1.08. The number of benzene rings is 4. The van der Waals surface area contributed by atoms with Crippen molar-refractivity contribution in [3.63, 3.8) is 0 Å². The molecule has 0 fully saturated rings. The molecule has 4 aromatic rings. The van der Waals surface area contributed by atoms with E-state index in [-0.39, 0.29) is 0 Å². The van der Waals surface area contributed by atoms with Crippen LogP contribution < -0.4 is 10.1 Å². The second-order valence-corrected chi connectivity index (χ2v) is 8.63. The number of carbonyl (C=O) groups excluding carboxylic acids is 1. The highest BCUT2D eigenvalue weighted by atomic mass is 35.5. The molecule has 0 heterocycles. The van der Waals surface area contributed by atoms with E-state index in [0.717, 1.165) is 22.4 Å². The highest BCUT2D eigenvalue weighted by molar-refractivity contribution is 6.35. The Labute approximate surface area is 212 Å². The Hall–Kier alpha value is -3.80. The molecule has 7 heteroatoms. The summed E-state index contributed by atoms with van der Waals surface area (Å²) in [6.07, 6.45) is 3.10. The van der Waals surface area contributed by atoms with Crippen molar-refractivity contribution >= 4 is 57.6 Å². The summed E-state index contributed by atoms with van der Waals surface area (Å²) in [5.41, 5.74) is 2.37. The molecule has 35 heavy (non-hydrogen) atoms. The largest absolute Gasteiger partial charge is 0.493 e. The molecule has 1 amide bonds. The van der Waals surface area contributed by atoms with Crippen molar-refractivity contribution in [3.8, 4) is 5.75 Å². The maximum Gasteiger partial charge on any atom is 0.328 e. The van der Waals surface area contributed by atoms with Gasteiger partial charge in [0.2, 0.25) is 0 Å². The number of rotatable bonds is 8. The molecular weight excluding hydrogens is 485 g/mol. The molecule has 5 nitrogen and oxygen atoms in total. The van der Waals surface area contributed by atoms with Crippen LogP contribution in [0.3, 0.4) is 0 Å². The summed E-state index contributed by atoms with van der Waals surface area (Å²) in [6, 6.07) is 23.9. The maximum absolute atomic E-state index is 12.8. The summed E-state index contributed by atoms with van der Waals surface area (Å²) in [7, 11) is 0. The number of hydrogen-bond acceptors (Lipinski definition) is 3. The summed E-state index contributed by atoms with van der Waals surface area (Å²) in [5.74, 6) is -1.08. The predicted molar refractivity (Wildman–Crippen MR) is 141 cm³/mol. The Balaban J connectivity index is 1.53. The maximum atomic E-state index is 12.8. The van der Waals surface area contributed by atoms with Gasteiger partial charge < -0.3 is 15.2 Å². The lowest BCUT2D eigenvalue weighted by Gasteiger charge is -2.13. The van der Waals surface area contributed by atoms with Crippen LogP contribution in [0.2, 0.25) is 10.0 Å². The number of ether oxygens (including phenoxy) is 1. The van der Waals surface area contributed by atoms with Crippen LogP contribution in [0, 0.1) is 0 Å².